The summed E-state index contributed by atoms with van der Waals surface area (Å²) in [5.74, 6) is -0.579. The van der Waals surface area contributed by atoms with Gasteiger partial charge in [-0.05, 0) is 43.5 Å². The Labute approximate surface area is 142 Å². The lowest BCUT2D eigenvalue weighted by Gasteiger charge is -2.26. The molecule has 0 aliphatic heterocycles. The Morgan fingerprint density at radius 2 is 1.83 bits per heavy atom. The Kier molecular flexibility index (Phi) is 6.30. The van der Waals surface area contributed by atoms with E-state index in [1.807, 2.05) is 37.3 Å². The van der Waals surface area contributed by atoms with Crippen LogP contribution in [0.25, 0.3) is 0 Å². The summed E-state index contributed by atoms with van der Waals surface area (Å²) in [7, 11) is 0. The first kappa shape index (κ1) is 19.1. The van der Waals surface area contributed by atoms with Crippen molar-refractivity contribution < 1.29 is 9.18 Å². The number of benzene rings is 2. The molecule has 2 aromatic carbocycles. The molecule has 2 atom stereocenters. The number of carbonyl (C=O) groups excluding carboxylic acids is 1. The van der Waals surface area contributed by atoms with Crippen LogP contribution in [0.15, 0.2) is 48.5 Å². The van der Waals surface area contributed by atoms with Gasteiger partial charge in [0.05, 0.1) is 6.04 Å². The van der Waals surface area contributed by atoms with E-state index in [1.54, 1.807) is 26.0 Å². The molecule has 5 heteroatoms. The third-order valence-corrected chi connectivity index (χ3v) is 3.89. The van der Waals surface area contributed by atoms with Crippen LogP contribution in [-0.4, -0.2) is 5.91 Å². The Morgan fingerprint density at radius 3 is 2.39 bits per heavy atom. The van der Waals surface area contributed by atoms with E-state index >= 15 is 0 Å². The van der Waals surface area contributed by atoms with Crippen molar-refractivity contribution in [1.82, 2.24) is 5.32 Å². The van der Waals surface area contributed by atoms with Crippen LogP contribution in [0.2, 0.25) is 0 Å². The van der Waals surface area contributed by atoms with Crippen molar-refractivity contribution >= 4 is 18.3 Å². The average molecular weight is 337 g/mol. The predicted octanol–water partition coefficient (Wildman–Crippen LogP) is 3.61. The van der Waals surface area contributed by atoms with Gasteiger partial charge in [-0.25, -0.2) is 4.39 Å². The van der Waals surface area contributed by atoms with Gasteiger partial charge in [0.2, 0.25) is 5.91 Å². The second-order valence-electron chi connectivity index (χ2n) is 5.77. The SMILES string of the molecule is Cc1ccc(C(C)NC(=O)C(C)(N)c2ccccc2)cc1F.Cl. The summed E-state index contributed by atoms with van der Waals surface area (Å²) in [5, 5.41) is 2.85. The quantitative estimate of drug-likeness (QED) is 0.896. The van der Waals surface area contributed by atoms with Gasteiger partial charge in [-0.3, -0.25) is 4.79 Å². The lowest BCUT2D eigenvalue weighted by atomic mass is 9.91. The molecular formula is C18H22ClFN2O. The summed E-state index contributed by atoms with van der Waals surface area (Å²) in [6, 6.07) is 13.8. The van der Waals surface area contributed by atoms with Crippen molar-refractivity contribution in [2.75, 3.05) is 0 Å². The molecule has 23 heavy (non-hydrogen) atoms. The highest BCUT2D eigenvalue weighted by molar-refractivity contribution is 5.87. The monoisotopic (exact) mass is 336 g/mol. The first-order chi connectivity index (χ1) is 10.3. The normalized spacial score (nSPS) is 14.3. The molecule has 0 radical (unpaired) electrons. The van der Waals surface area contributed by atoms with Gasteiger partial charge in [0.15, 0.2) is 0 Å². The highest BCUT2D eigenvalue weighted by atomic mass is 35.5. The third-order valence-electron chi connectivity index (χ3n) is 3.89. The molecule has 1 amide bonds. The van der Waals surface area contributed by atoms with E-state index in [0.29, 0.717) is 11.1 Å². The van der Waals surface area contributed by atoms with Gasteiger partial charge in [0.1, 0.15) is 11.4 Å². The van der Waals surface area contributed by atoms with Crippen molar-refractivity contribution in [1.29, 1.82) is 0 Å². The van der Waals surface area contributed by atoms with Gasteiger partial charge >= 0.3 is 0 Å². The molecule has 2 aromatic rings. The topological polar surface area (TPSA) is 55.1 Å². The van der Waals surface area contributed by atoms with Crippen LogP contribution in [-0.2, 0) is 10.3 Å². The second kappa shape index (κ2) is 7.57. The Morgan fingerprint density at radius 1 is 1.22 bits per heavy atom. The largest absolute Gasteiger partial charge is 0.348 e. The van der Waals surface area contributed by atoms with Crippen molar-refractivity contribution in [3.63, 3.8) is 0 Å². The smallest absolute Gasteiger partial charge is 0.244 e. The summed E-state index contributed by atoms with van der Waals surface area (Å²) >= 11 is 0. The van der Waals surface area contributed by atoms with Crippen LogP contribution in [0.4, 0.5) is 4.39 Å². The summed E-state index contributed by atoms with van der Waals surface area (Å²) in [6.07, 6.45) is 0. The first-order valence-corrected chi connectivity index (χ1v) is 7.24. The molecule has 0 saturated carbocycles. The zero-order valence-electron chi connectivity index (χ0n) is 13.5. The molecular weight excluding hydrogens is 315 g/mol. The molecule has 2 unspecified atom stereocenters. The van der Waals surface area contributed by atoms with Gasteiger partial charge in [0, 0.05) is 0 Å². The standard InChI is InChI=1S/C18H21FN2O.ClH/c1-12-9-10-14(11-16(12)19)13(2)21-17(22)18(3,20)15-7-5-4-6-8-15;/h4-11,13H,20H2,1-3H3,(H,21,22);1H. The van der Waals surface area contributed by atoms with Gasteiger partial charge in [-0.15, -0.1) is 12.4 Å². The van der Waals surface area contributed by atoms with Crippen molar-refractivity contribution in [2.45, 2.75) is 32.4 Å². The maximum Gasteiger partial charge on any atom is 0.244 e. The Hall–Kier alpha value is -1.91. The number of nitrogens with one attached hydrogen (secondary N) is 1. The lowest BCUT2D eigenvalue weighted by Crippen LogP contribution is -2.49. The van der Waals surface area contributed by atoms with E-state index in [9.17, 15) is 9.18 Å². The van der Waals surface area contributed by atoms with Crippen LogP contribution < -0.4 is 11.1 Å². The molecule has 2 rings (SSSR count). The number of amides is 1. The van der Waals surface area contributed by atoms with E-state index in [1.165, 1.54) is 6.07 Å². The minimum absolute atomic E-state index is 0. The predicted molar refractivity (Wildman–Crippen MR) is 92.9 cm³/mol. The highest BCUT2D eigenvalue weighted by Gasteiger charge is 2.31. The van der Waals surface area contributed by atoms with Crippen LogP contribution in [0.3, 0.4) is 0 Å². The molecule has 0 heterocycles. The van der Waals surface area contributed by atoms with E-state index in [4.69, 9.17) is 5.73 Å². The van der Waals surface area contributed by atoms with E-state index in [-0.39, 0.29) is 30.2 Å². The van der Waals surface area contributed by atoms with Crippen LogP contribution in [0.5, 0.6) is 0 Å². The van der Waals surface area contributed by atoms with Crippen molar-refractivity contribution in [2.24, 2.45) is 5.73 Å². The molecule has 0 aliphatic rings. The highest BCUT2D eigenvalue weighted by Crippen LogP contribution is 2.21. The third kappa shape index (κ3) is 4.30. The second-order valence-corrected chi connectivity index (χ2v) is 5.77. The average Bonchev–Trinajstić information content (AvgIpc) is 2.50. The summed E-state index contributed by atoms with van der Waals surface area (Å²) in [4.78, 5) is 12.5. The van der Waals surface area contributed by atoms with Crippen LogP contribution in [0, 0.1) is 12.7 Å². The molecule has 0 aromatic heterocycles. The molecule has 0 bridgehead atoms. The molecule has 0 fully saturated rings. The number of nitrogens with two attached hydrogens (primary N) is 1. The molecule has 0 saturated heterocycles. The summed E-state index contributed by atoms with van der Waals surface area (Å²) < 4.78 is 13.6. The van der Waals surface area contributed by atoms with E-state index in [2.05, 4.69) is 5.32 Å². The number of hydrogen-bond donors (Lipinski definition) is 2. The number of carbonyl (C=O) groups is 1. The Balaban J connectivity index is 0.00000264. The Bertz CT molecular complexity index is 674. The van der Waals surface area contributed by atoms with Gasteiger partial charge < -0.3 is 11.1 Å². The summed E-state index contributed by atoms with van der Waals surface area (Å²) in [6.45, 7) is 5.18. The van der Waals surface area contributed by atoms with Crippen LogP contribution >= 0.6 is 12.4 Å². The number of halogens is 2. The van der Waals surface area contributed by atoms with Crippen molar-refractivity contribution in [3.8, 4) is 0 Å². The maximum atomic E-state index is 13.6. The fourth-order valence-electron chi connectivity index (χ4n) is 2.22. The van der Waals surface area contributed by atoms with Gasteiger partial charge in [0.25, 0.3) is 0 Å². The molecule has 124 valence electrons. The minimum Gasteiger partial charge on any atom is -0.348 e. The number of aryl methyl sites for hydroxylation is 1. The van der Waals surface area contributed by atoms with Crippen molar-refractivity contribution in [3.05, 3.63) is 71.0 Å². The van der Waals surface area contributed by atoms with E-state index in [0.717, 1.165) is 5.56 Å². The van der Waals surface area contributed by atoms with Gasteiger partial charge in [-0.1, -0.05) is 42.5 Å². The fraction of sp³-hybridized carbons (Fsp3) is 0.278. The molecule has 3 N–H and O–H groups in total. The zero-order chi connectivity index (χ0) is 16.3. The fourth-order valence-corrected chi connectivity index (χ4v) is 2.22. The minimum atomic E-state index is -1.14. The first-order valence-electron chi connectivity index (χ1n) is 7.24. The molecule has 0 spiro atoms. The summed E-state index contributed by atoms with van der Waals surface area (Å²) in [5.41, 5.74) is 7.05. The zero-order valence-corrected chi connectivity index (χ0v) is 14.3. The van der Waals surface area contributed by atoms with Gasteiger partial charge in [-0.2, -0.15) is 0 Å². The molecule has 3 nitrogen and oxygen atoms in total. The van der Waals surface area contributed by atoms with Crippen LogP contribution in [0.1, 0.15) is 36.6 Å². The molecule has 0 aliphatic carbocycles. The number of rotatable bonds is 4. The maximum absolute atomic E-state index is 13.6. The number of hydrogen-bond acceptors (Lipinski definition) is 2. The lowest BCUT2D eigenvalue weighted by molar-refractivity contribution is -0.126. The van der Waals surface area contributed by atoms with E-state index < -0.39 is 5.54 Å².